The lowest BCUT2D eigenvalue weighted by Gasteiger charge is -2.25. The van der Waals surface area contributed by atoms with Gasteiger partial charge in [0.1, 0.15) is 0 Å². The van der Waals surface area contributed by atoms with Crippen molar-refractivity contribution in [1.82, 2.24) is 5.32 Å². The van der Waals surface area contributed by atoms with Crippen LogP contribution in [0.2, 0.25) is 0 Å². The lowest BCUT2D eigenvalue weighted by molar-refractivity contribution is 0.414. The van der Waals surface area contributed by atoms with Gasteiger partial charge >= 0.3 is 0 Å². The lowest BCUT2D eigenvalue weighted by atomic mass is 10.0. The van der Waals surface area contributed by atoms with Gasteiger partial charge in [-0.3, -0.25) is 0 Å². The Bertz CT molecular complexity index is 361. The molecule has 0 bridgehead atoms. The molecule has 3 heteroatoms. The maximum absolute atomic E-state index is 3.64. The fraction of sp³-hybridized carbons (Fsp3) is 0.571. The molecule has 2 rings (SSSR count). The standard InChI is InChI=1S/C14H21BrN2/c1-10-7-11(2)14(13(15)8-10)17-9-12-5-3-4-6-16-12/h7-8,12,16-17H,3-6,9H2,1-2H3. The summed E-state index contributed by atoms with van der Waals surface area (Å²) in [6.45, 7) is 6.47. The van der Waals surface area contributed by atoms with E-state index in [2.05, 4.69) is 52.5 Å². The highest BCUT2D eigenvalue weighted by atomic mass is 79.9. The molecule has 1 unspecified atom stereocenters. The van der Waals surface area contributed by atoms with Gasteiger partial charge in [0, 0.05) is 17.1 Å². The highest BCUT2D eigenvalue weighted by Gasteiger charge is 2.13. The van der Waals surface area contributed by atoms with Gasteiger partial charge in [-0.05, 0) is 66.4 Å². The summed E-state index contributed by atoms with van der Waals surface area (Å²) in [6, 6.07) is 5.02. The summed E-state index contributed by atoms with van der Waals surface area (Å²) in [5.74, 6) is 0. The first-order valence-electron chi connectivity index (χ1n) is 6.41. The first kappa shape index (κ1) is 12.9. The predicted octanol–water partition coefficient (Wildman–Crippen LogP) is 3.62. The van der Waals surface area contributed by atoms with Crippen LogP contribution in [0.1, 0.15) is 30.4 Å². The molecular weight excluding hydrogens is 276 g/mol. The van der Waals surface area contributed by atoms with Crippen LogP contribution in [0.5, 0.6) is 0 Å². The van der Waals surface area contributed by atoms with Crippen LogP contribution in [0.3, 0.4) is 0 Å². The smallest absolute Gasteiger partial charge is 0.0515 e. The second kappa shape index (κ2) is 5.87. The predicted molar refractivity (Wildman–Crippen MR) is 77.7 cm³/mol. The van der Waals surface area contributed by atoms with Gasteiger partial charge in [0.25, 0.3) is 0 Å². The van der Waals surface area contributed by atoms with Crippen molar-refractivity contribution < 1.29 is 0 Å². The average Bonchev–Trinajstić information content (AvgIpc) is 2.29. The zero-order chi connectivity index (χ0) is 12.3. The fourth-order valence-electron chi connectivity index (χ4n) is 2.46. The third-order valence-corrected chi connectivity index (χ3v) is 3.99. The summed E-state index contributed by atoms with van der Waals surface area (Å²) >= 11 is 3.64. The minimum absolute atomic E-state index is 0.622. The van der Waals surface area contributed by atoms with E-state index in [0.717, 1.165) is 6.54 Å². The van der Waals surface area contributed by atoms with Crippen LogP contribution in [0.4, 0.5) is 5.69 Å². The number of aryl methyl sites for hydroxylation is 2. The number of rotatable bonds is 3. The molecule has 1 aliphatic heterocycles. The average molecular weight is 297 g/mol. The minimum Gasteiger partial charge on any atom is -0.382 e. The molecule has 0 saturated carbocycles. The van der Waals surface area contributed by atoms with Gasteiger partial charge in [0.2, 0.25) is 0 Å². The first-order chi connectivity index (χ1) is 8.16. The maximum Gasteiger partial charge on any atom is 0.0515 e. The molecule has 1 aliphatic rings. The third kappa shape index (κ3) is 3.46. The van der Waals surface area contributed by atoms with Crippen LogP contribution in [-0.2, 0) is 0 Å². The number of piperidine rings is 1. The monoisotopic (exact) mass is 296 g/mol. The van der Waals surface area contributed by atoms with Crippen molar-refractivity contribution >= 4 is 21.6 Å². The van der Waals surface area contributed by atoms with E-state index >= 15 is 0 Å². The topological polar surface area (TPSA) is 24.1 Å². The molecule has 17 heavy (non-hydrogen) atoms. The molecule has 2 nitrogen and oxygen atoms in total. The number of hydrogen-bond acceptors (Lipinski definition) is 2. The quantitative estimate of drug-likeness (QED) is 0.890. The van der Waals surface area contributed by atoms with Gasteiger partial charge in [-0.25, -0.2) is 0 Å². The van der Waals surface area contributed by atoms with Crippen molar-refractivity contribution in [2.24, 2.45) is 0 Å². The molecule has 1 heterocycles. The summed E-state index contributed by atoms with van der Waals surface area (Å²) in [6.07, 6.45) is 3.96. The highest BCUT2D eigenvalue weighted by molar-refractivity contribution is 9.10. The van der Waals surface area contributed by atoms with Crippen molar-refractivity contribution in [2.45, 2.75) is 39.2 Å². The Morgan fingerprint density at radius 2 is 2.18 bits per heavy atom. The van der Waals surface area contributed by atoms with E-state index in [0.29, 0.717) is 6.04 Å². The molecule has 0 aromatic heterocycles. The zero-order valence-electron chi connectivity index (χ0n) is 10.6. The second-order valence-corrected chi connectivity index (χ2v) is 5.82. The summed E-state index contributed by atoms with van der Waals surface area (Å²) in [5, 5.41) is 7.13. The second-order valence-electron chi connectivity index (χ2n) is 4.97. The number of anilines is 1. The van der Waals surface area contributed by atoms with Crippen LogP contribution in [-0.4, -0.2) is 19.1 Å². The molecule has 0 spiro atoms. The first-order valence-corrected chi connectivity index (χ1v) is 7.20. The summed E-state index contributed by atoms with van der Waals surface area (Å²) in [4.78, 5) is 0. The number of benzene rings is 1. The van der Waals surface area contributed by atoms with Crippen LogP contribution < -0.4 is 10.6 Å². The van der Waals surface area contributed by atoms with Crippen LogP contribution in [0.25, 0.3) is 0 Å². The molecular formula is C14H21BrN2. The van der Waals surface area contributed by atoms with Gasteiger partial charge in [-0.2, -0.15) is 0 Å². The minimum atomic E-state index is 0.622. The molecule has 0 amide bonds. The molecule has 94 valence electrons. The Hall–Kier alpha value is -0.540. The van der Waals surface area contributed by atoms with Crippen LogP contribution in [0.15, 0.2) is 16.6 Å². The third-order valence-electron chi connectivity index (χ3n) is 3.37. The van der Waals surface area contributed by atoms with E-state index in [4.69, 9.17) is 0 Å². The number of nitrogens with one attached hydrogen (secondary N) is 2. The summed E-state index contributed by atoms with van der Waals surface area (Å²) in [5.41, 5.74) is 3.85. The molecule has 0 radical (unpaired) electrons. The van der Waals surface area contributed by atoms with Crippen LogP contribution >= 0.6 is 15.9 Å². The largest absolute Gasteiger partial charge is 0.382 e. The zero-order valence-corrected chi connectivity index (χ0v) is 12.2. The van der Waals surface area contributed by atoms with Gasteiger partial charge in [-0.15, -0.1) is 0 Å². The van der Waals surface area contributed by atoms with E-state index in [-0.39, 0.29) is 0 Å². The van der Waals surface area contributed by atoms with E-state index in [1.165, 1.54) is 47.1 Å². The van der Waals surface area contributed by atoms with Crippen LogP contribution in [0, 0.1) is 13.8 Å². The number of halogens is 1. The van der Waals surface area contributed by atoms with Crippen molar-refractivity contribution in [2.75, 3.05) is 18.4 Å². The molecule has 0 aliphatic carbocycles. The molecule has 1 fully saturated rings. The van der Waals surface area contributed by atoms with E-state index in [9.17, 15) is 0 Å². The Kier molecular flexibility index (Phi) is 4.46. The summed E-state index contributed by atoms with van der Waals surface area (Å²) < 4.78 is 1.17. The summed E-state index contributed by atoms with van der Waals surface area (Å²) in [7, 11) is 0. The maximum atomic E-state index is 3.64. The van der Waals surface area contributed by atoms with Crippen molar-refractivity contribution in [3.8, 4) is 0 Å². The Labute approximate surface area is 112 Å². The van der Waals surface area contributed by atoms with Gasteiger partial charge < -0.3 is 10.6 Å². The van der Waals surface area contributed by atoms with E-state index in [1.807, 2.05) is 0 Å². The Balaban J connectivity index is 1.98. The highest BCUT2D eigenvalue weighted by Crippen LogP contribution is 2.27. The Morgan fingerprint density at radius 1 is 1.35 bits per heavy atom. The fourth-order valence-corrected chi connectivity index (χ4v) is 3.28. The van der Waals surface area contributed by atoms with E-state index < -0.39 is 0 Å². The van der Waals surface area contributed by atoms with Crippen molar-refractivity contribution in [1.29, 1.82) is 0 Å². The van der Waals surface area contributed by atoms with Gasteiger partial charge in [-0.1, -0.05) is 12.5 Å². The molecule has 1 atom stereocenters. The molecule has 1 saturated heterocycles. The molecule has 1 aromatic rings. The van der Waals surface area contributed by atoms with Crippen molar-refractivity contribution in [3.05, 3.63) is 27.7 Å². The number of hydrogen-bond donors (Lipinski definition) is 2. The van der Waals surface area contributed by atoms with E-state index in [1.54, 1.807) is 0 Å². The van der Waals surface area contributed by atoms with Gasteiger partial charge in [0.15, 0.2) is 0 Å². The lowest BCUT2D eigenvalue weighted by Crippen LogP contribution is -2.39. The van der Waals surface area contributed by atoms with Gasteiger partial charge in [0.05, 0.1) is 5.69 Å². The normalized spacial score (nSPS) is 20.3. The Morgan fingerprint density at radius 3 is 2.82 bits per heavy atom. The molecule has 1 aromatic carbocycles. The molecule has 2 N–H and O–H groups in total. The SMILES string of the molecule is Cc1cc(C)c(NCC2CCCCN2)c(Br)c1. The van der Waals surface area contributed by atoms with Crippen molar-refractivity contribution in [3.63, 3.8) is 0 Å².